The van der Waals surface area contributed by atoms with Crippen molar-refractivity contribution in [2.45, 2.75) is 33.1 Å². The lowest BCUT2D eigenvalue weighted by atomic mass is 9.62. The van der Waals surface area contributed by atoms with Gasteiger partial charge in [0.05, 0.1) is 5.92 Å². The molecule has 1 aliphatic rings. The van der Waals surface area contributed by atoms with Crippen molar-refractivity contribution >= 4 is 11.8 Å². The van der Waals surface area contributed by atoms with E-state index in [0.29, 0.717) is 6.42 Å². The molecule has 2 amide bonds. The lowest BCUT2D eigenvalue weighted by molar-refractivity contribution is -0.141. The molecule has 0 spiro atoms. The molecule has 0 aromatic heterocycles. The number of benzene rings is 1. The number of imide groups is 1. The molecule has 0 bridgehead atoms. The molecule has 2 unspecified atom stereocenters. The van der Waals surface area contributed by atoms with Crippen molar-refractivity contribution in [1.29, 1.82) is 0 Å². The Hall–Kier alpha value is -1.71. The number of nitrogens with one attached hydrogen (secondary N) is 1. The second-order valence-electron chi connectivity index (χ2n) is 5.73. The predicted molar refractivity (Wildman–Crippen MR) is 69.9 cm³/mol. The number of amides is 2. The van der Waals surface area contributed by atoms with Crippen LogP contribution in [0.4, 0.5) is 4.39 Å². The van der Waals surface area contributed by atoms with Gasteiger partial charge in [-0.2, -0.15) is 0 Å². The van der Waals surface area contributed by atoms with Gasteiger partial charge in [0.25, 0.3) is 0 Å². The molecule has 3 nitrogen and oxygen atoms in total. The zero-order chi connectivity index (χ0) is 14.2. The SMILES string of the molecule is CC(C)C1(C)CC(=O)NC(=O)C1c1ccc(F)cc1. The molecule has 102 valence electrons. The van der Waals surface area contributed by atoms with Crippen LogP contribution in [0.5, 0.6) is 0 Å². The lowest BCUT2D eigenvalue weighted by Crippen LogP contribution is -2.51. The van der Waals surface area contributed by atoms with Crippen molar-refractivity contribution in [1.82, 2.24) is 5.32 Å². The van der Waals surface area contributed by atoms with Crippen molar-refractivity contribution in [2.75, 3.05) is 0 Å². The highest BCUT2D eigenvalue weighted by atomic mass is 19.1. The Labute approximate surface area is 112 Å². The summed E-state index contributed by atoms with van der Waals surface area (Å²) in [6.07, 6.45) is 0.304. The van der Waals surface area contributed by atoms with Gasteiger partial charge in [0.1, 0.15) is 5.82 Å². The Morgan fingerprint density at radius 2 is 1.84 bits per heavy atom. The largest absolute Gasteiger partial charge is 0.296 e. The molecule has 19 heavy (non-hydrogen) atoms. The first-order valence-corrected chi connectivity index (χ1v) is 6.44. The summed E-state index contributed by atoms with van der Waals surface area (Å²) in [6, 6.07) is 5.94. The number of rotatable bonds is 2. The zero-order valence-electron chi connectivity index (χ0n) is 11.4. The first-order valence-electron chi connectivity index (χ1n) is 6.44. The first-order chi connectivity index (χ1) is 8.84. The Morgan fingerprint density at radius 1 is 1.26 bits per heavy atom. The van der Waals surface area contributed by atoms with Gasteiger partial charge < -0.3 is 0 Å². The molecule has 1 N–H and O–H groups in total. The molecule has 4 heteroatoms. The number of carbonyl (C=O) groups excluding carboxylic acids is 2. The van der Waals surface area contributed by atoms with Crippen LogP contribution in [0.2, 0.25) is 0 Å². The number of carbonyl (C=O) groups is 2. The van der Waals surface area contributed by atoms with E-state index < -0.39 is 11.3 Å². The average Bonchev–Trinajstić information content (AvgIpc) is 2.30. The van der Waals surface area contributed by atoms with Crippen LogP contribution in [0.15, 0.2) is 24.3 Å². The molecule has 1 saturated heterocycles. The predicted octanol–water partition coefficient (Wildman–Crippen LogP) is 2.62. The van der Waals surface area contributed by atoms with Gasteiger partial charge in [-0.1, -0.05) is 32.9 Å². The highest BCUT2D eigenvalue weighted by molar-refractivity contribution is 6.02. The average molecular weight is 263 g/mol. The van der Waals surface area contributed by atoms with Crippen LogP contribution in [0.25, 0.3) is 0 Å². The Balaban J connectivity index is 2.47. The quantitative estimate of drug-likeness (QED) is 0.834. The maximum Gasteiger partial charge on any atom is 0.234 e. The fourth-order valence-electron chi connectivity index (χ4n) is 2.73. The molecule has 1 aromatic rings. The van der Waals surface area contributed by atoms with E-state index in [4.69, 9.17) is 0 Å². The van der Waals surface area contributed by atoms with Gasteiger partial charge in [-0.3, -0.25) is 14.9 Å². The monoisotopic (exact) mass is 263 g/mol. The minimum Gasteiger partial charge on any atom is -0.296 e. The summed E-state index contributed by atoms with van der Waals surface area (Å²) in [5.41, 5.74) is 0.305. The minimum absolute atomic E-state index is 0.164. The van der Waals surface area contributed by atoms with E-state index in [1.54, 1.807) is 12.1 Å². The smallest absolute Gasteiger partial charge is 0.234 e. The fraction of sp³-hybridized carbons (Fsp3) is 0.467. The second-order valence-corrected chi connectivity index (χ2v) is 5.73. The number of piperidine rings is 1. The van der Waals surface area contributed by atoms with Crippen LogP contribution < -0.4 is 5.32 Å². The van der Waals surface area contributed by atoms with Crippen LogP contribution in [0.1, 0.15) is 38.7 Å². The van der Waals surface area contributed by atoms with Gasteiger partial charge in [-0.25, -0.2) is 4.39 Å². The molecule has 1 heterocycles. The Morgan fingerprint density at radius 3 is 2.37 bits per heavy atom. The zero-order valence-corrected chi connectivity index (χ0v) is 11.4. The van der Waals surface area contributed by atoms with E-state index in [9.17, 15) is 14.0 Å². The van der Waals surface area contributed by atoms with E-state index >= 15 is 0 Å². The van der Waals surface area contributed by atoms with E-state index in [0.717, 1.165) is 5.56 Å². The third-order valence-electron chi connectivity index (χ3n) is 4.25. The third-order valence-corrected chi connectivity index (χ3v) is 4.25. The topological polar surface area (TPSA) is 46.2 Å². The van der Waals surface area contributed by atoms with E-state index in [-0.39, 0.29) is 23.5 Å². The highest BCUT2D eigenvalue weighted by Crippen LogP contribution is 2.46. The molecular formula is C15H18FNO2. The molecule has 1 fully saturated rings. The van der Waals surface area contributed by atoms with E-state index in [1.165, 1.54) is 12.1 Å². The van der Waals surface area contributed by atoms with Gasteiger partial charge in [0.2, 0.25) is 11.8 Å². The van der Waals surface area contributed by atoms with Crippen LogP contribution in [0.3, 0.4) is 0 Å². The lowest BCUT2D eigenvalue weighted by Gasteiger charge is -2.43. The number of halogens is 1. The molecular weight excluding hydrogens is 245 g/mol. The molecule has 1 aliphatic heterocycles. The highest BCUT2D eigenvalue weighted by Gasteiger charge is 2.47. The van der Waals surface area contributed by atoms with Crippen LogP contribution in [-0.2, 0) is 9.59 Å². The standard InChI is InChI=1S/C15H18FNO2/c1-9(2)15(3)8-12(18)17-14(19)13(15)10-4-6-11(16)7-5-10/h4-7,9,13H,8H2,1-3H3,(H,17,18,19). The normalized spacial score (nSPS) is 27.5. The second kappa shape index (κ2) is 4.76. The number of hydrogen-bond acceptors (Lipinski definition) is 2. The summed E-state index contributed by atoms with van der Waals surface area (Å²) >= 11 is 0. The molecule has 2 atom stereocenters. The molecule has 0 saturated carbocycles. The van der Waals surface area contributed by atoms with Gasteiger partial charge in [-0.15, -0.1) is 0 Å². The molecule has 1 aromatic carbocycles. The fourth-order valence-corrected chi connectivity index (χ4v) is 2.73. The van der Waals surface area contributed by atoms with Gasteiger partial charge in [0, 0.05) is 6.42 Å². The van der Waals surface area contributed by atoms with E-state index in [1.807, 2.05) is 20.8 Å². The van der Waals surface area contributed by atoms with Crippen molar-refractivity contribution in [3.8, 4) is 0 Å². The third kappa shape index (κ3) is 2.39. The van der Waals surface area contributed by atoms with Crippen molar-refractivity contribution < 1.29 is 14.0 Å². The van der Waals surface area contributed by atoms with Gasteiger partial charge in [-0.05, 0) is 29.0 Å². The maximum atomic E-state index is 13.0. The van der Waals surface area contributed by atoms with Crippen LogP contribution in [-0.4, -0.2) is 11.8 Å². The van der Waals surface area contributed by atoms with Crippen molar-refractivity contribution in [3.05, 3.63) is 35.6 Å². The molecule has 0 radical (unpaired) electrons. The molecule has 0 aliphatic carbocycles. The van der Waals surface area contributed by atoms with Gasteiger partial charge >= 0.3 is 0 Å². The molecule has 2 rings (SSSR count). The number of hydrogen-bond donors (Lipinski definition) is 1. The maximum absolute atomic E-state index is 13.0. The van der Waals surface area contributed by atoms with E-state index in [2.05, 4.69) is 5.32 Å². The summed E-state index contributed by atoms with van der Waals surface area (Å²) < 4.78 is 13.0. The Kier molecular flexibility index (Phi) is 3.43. The minimum atomic E-state index is -0.447. The first kappa shape index (κ1) is 13.7. The summed E-state index contributed by atoms with van der Waals surface area (Å²) in [5.74, 6) is -1.12. The van der Waals surface area contributed by atoms with Crippen LogP contribution >= 0.6 is 0 Å². The summed E-state index contributed by atoms with van der Waals surface area (Å²) in [5, 5.41) is 2.38. The summed E-state index contributed by atoms with van der Waals surface area (Å²) in [4.78, 5) is 23.8. The summed E-state index contributed by atoms with van der Waals surface area (Å²) in [6.45, 7) is 5.95. The van der Waals surface area contributed by atoms with Crippen molar-refractivity contribution in [3.63, 3.8) is 0 Å². The van der Waals surface area contributed by atoms with Crippen molar-refractivity contribution in [2.24, 2.45) is 11.3 Å². The van der Waals surface area contributed by atoms with Crippen LogP contribution in [0, 0.1) is 17.2 Å². The Bertz CT molecular complexity index is 509. The summed E-state index contributed by atoms with van der Waals surface area (Å²) in [7, 11) is 0. The van der Waals surface area contributed by atoms with Gasteiger partial charge in [0.15, 0.2) is 0 Å².